The van der Waals surface area contributed by atoms with Gasteiger partial charge >= 0.3 is 0 Å². The Kier molecular flexibility index (Phi) is 6.12. The molecule has 0 saturated carbocycles. The number of hydrogen-bond acceptors (Lipinski definition) is 3. The summed E-state index contributed by atoms with van der Waals surface area (Å²) in [7, 11) is 1.72. The van der Waals surface area contributed by atoms with Crippen molar-refractivity contribution in [2.45, 2.75) is 26.7 Å². The number of hydrogen-bond donors (Lipinski definition) is 1. The fourth-order valence-corrected chi connectivity index (χ4v) is 2.33. The Morgan fingerprint density at radius 2 is 1.94 bits per heavy atom. The quantitative estimate of drug-likeness (QED) is 0.769. The predicted octanol–water partition coefficient (Wildman–Crippen LogP) is 0.313. The molecule has 1 rings (SSSR count). The number of carbonyl (C=O) groups excluding carboxylic acids is 2. The van der Waals surface area contributed by atoms with Gasteiger partial charge < -0.3 is 15.1 Å². The van der Waals surface area contributed by atoms with E-state index in [1.165, 1.54) is 0 Å². The van der Waals surface area contributed by atoms with Crippen molar-refractivity contribution in [3.05, 3.63) is 0 Å². The monoisotopic (exact) mass is 255 g/mol. The van der Waals surface area contributed by atoms with Crippen LogP contribution in [0.1, 0.15) is 26.7 Å². The predicted molar refractivity (Wildman–Crippen MR) is 71.2 cm³/mol. The maximum absolute atomic E-state index is 12.1. The zero-order valence-corrected chi connectivity index (χ0v) is 11.7. The van der Waals surface area contributed by atoms with Crippen molar-refractivity contribution in [3.63, 3.8) is 0 Å². The van der Waals surface area contributed by atoms with E-state index in [9.17, 15) is 9.59 Å². The number of carbonyl (C=O) groups is 2. The Labute approximate surface area is 110 Å². The molecule has 1 aliphatic rings. The first-order valence-electron chi connectivity index (χ1n) is 6.83. The van der Waals surface area contributed by atoms with E-state index in [1.807, 2.05) is 13.8 Å². The van der Waals surface area contributed by atoms with Crippen LogP contribution in [0.15, 0.2) is 0 Å². The van der Waals surface area contributed by atoms with Gasteiger partial charge in [0.1, 0.15) is 0 Å². The smallest absolute Gasteiger partial charge is 0.242 e. The van der Waals surface area contributed by atoms with Crippen LogP contribution in [0, 0.1) is 5.92 Å². The van der Waals surface area contributed by atoms with Crippen LogP contribution in [0.25, 0.3) is 0 Å². The van der Waals surface area contributed by atoms with E-state index in [1.54, 1.807) is 16.8 Å². The summed E-state index contributed by atoms with van der Waals surface area (Å²) < 4.78 is 0. The number of nitrogens with zero attached hydrogens (tertiary/aromatic N) is 2. The second-order valence-corrected chi connectivity index (χ2v) is 4.80. The average molecular weight is 255 g/mol. The Hall–Kier alpha value is -1.10. The van der Waals surface area contributed by atoms with Crippen LogP contribution in [0.5, 0.6) is 0 Å². The number of likely N-dealkylation sites (N-methyl/N-ethyl adjacent to an activating group) is 2. The van der Waals surface area contributed by atoms with Crippen molar-refractivity contribution >= 4 is 11.8 Å². The Morgan fingerprint density at radius 1 is 1.28 bits per heavy atom. The fraction of sp³-hybridized carbons (Fsp3) is 0.846. The first-order valence-corrected chi connectivity index (χ1v) is 6.83. The van der Waals surface area contributed by atoms with Gasteiger partial charge in [0.25, 0.3) is 0 Å². The maximum Gasteiger partial charge on any atom is 0.242 e. The zero-order valence-electron chi connectivity index (χ0n) is 11.7. The summed E-state index contributed by atoms with van der Waals surface area (Å²) in [6, 6.07) is 0. The van der Waals surface area contributed by atoms with Crippen molar-refractivity contribution in [1.29, 1.82) is 0 Å². The van der Waals surface area contributed by atoms with Crippen molar-refractivity contribution < 1.29 is 9.59 Å². The SMILES string of the molecule is CCN(CC)C(=O)CN(C)C(=O)[C@H]1CCCNC1. The van der Waals surface area contributed by atoms with Crippen molar-refractivity contribution in [3.8, 4) is 0 Å². The van der Waals surface area contributed by atoms with Gasteiger partial charge in [-0.25, -0.2) is 0 Å². The van der Waals surface area contributed by atoms with Crippen molar-refractivity contribution in [1.82, 2.24) is 15.1 Å². The van der Waals surface area contributed by atoms with Crippen LogP contribution < -0.4 is 5.32 Å². The third kappa shape index (κ3) is 3.98. The van der Waals surface area contributed by atoms with Gasteiger partial charge in [0.05, 0.1) is 12.5 Å². The molecule has 1 heterocycles. The summed E-state index contributed by atoms with van der Waals surface area (Å²) >= 11 is 0. The fourth-order valence-electron chi connectivity index (χ4n) is 2.33. The number of rotatable bonds is 5. The lowest BCUT2D eigenvalue weighted by Gasteiger charge is -2.28. The van der Waals surface area contributed by atoms with Crippen LogP contribution >= 0.6 is 0 Å². The molecular weight excluding hydrogens is 230 g/mol. The molecule has 0 aromatic rings. The van der Waals surface area contributed by atoms with E-state index in [-0.39, 0.29) is 24.3 Å². The topological polar surface area (TPSA) is 52.7 Å². The highest BCUT2D eigenvalue weighted by molar-refractivity contribution is 5.85. The molecule has 1 N–H and O–H groups in total. The molecule has 0 bridgehead atoms. The highest BCUT2D eigenvalue weighted by Crippen LogP contribution is 2.12. The lowest BCUT2D eigenvalue weighted by atomic mass is 9.98. The first kappa shape index (κ1) is 15.0. The van der Waals surface area contributed by atoms with E-state index < -0.39 is 0 Å². The molecule has 1 aliphatic heterocycles. The van der Waals surface area contributed by atoms with Crippen LogP contribution in [0.4, 0.5) is 0 Å². The largest absolute Gasteiger partial charge is 0.342 e. The van der Waals surface area contributed by atoms with Gasteiger partial charge in [0, 0.05) is 26.7 Å². The molecule has 2 amide bonds. The molecule has 0 spiro atoms. The Bertz CT molecular complexity index is 284. The Morgan fingerprint density at radius 3 is 2.44 bits per heavy atom. The standard InChI is InChI=1S/C13H25N3O2/c1-4-16(5-2)12(17)10-15(3)13(18)11-7-6-8-14-9-11/h11,14H,4-10H2,1-3H3/t11-/m0/s1. The van der Waals surface area contributed by atoms with Gasteiger partial charge in [-0.1, -0.05) is 0 Å². The Balaban J connectivity index is 2.45. The van der Waals surface area contributed by atoms with E-state index in [0.717, 1.165) is 25.9 Å². The lowest BCUT2D eigenvalue weighted by Crippen LogP contribution is -2.46. The minimum absolute atomic E-state index is 0.0274. The average Bonchev–Trinajstić information content (AvgIpc) is 2.40. The second-order valence-electron chi connectivity index (χ2n) is 4.80. The van der Waals surface area contributed by atoms with Gasteiger partial charge in [0.15, 0.2) is 0 Å². The summed E-state index contributed by atoms with van der Waals surface area (Å²) in [6.45, 7) is 7.22. The third-order valence-electron chi connectivity index (χ3n) is 3.51. The number of amides is 2. The maximum atomic E-state index is 12.1. The molecule has 1 fully saturated rings. The van der Waals surface area contributed by atoms with Gasteiger partial charge in [-0.3, -0.25) is 9.59 Å². The molecule has 18 heavy (non-hydrogen) atoms. The minimum atomic E-state index is 0.0274. The van der Waals surface area contributed by atoms with Crippen LogP contribution in [-0.4, -0.2) is 61.4 Å². The number of piperidine rings is 1. The summed E-state index contributed by atoms with van der Waals surface area (Å²) in [5.41, 5.74) is 0. The molecule has 0 aromatic carbocycles. The van der Waals surface area contributed by atoms with Crippen LogP contribution in [0.3, 0.4) is 0 Å². The van der Waals surface area contributed by atoms with E-state index in [4.69, 9.17) is 0 Å². The van der Waals surface area contributed by atoms with E-state index in [2.05, 4.69) is 5.32 Å². The van der Waals surface area contributed by atoms with Crippen molar-refractivity contribution in [2.75, 3.05) is 39.8 Å². The minimum Gasteiger partial charge on any atom is -0.342 e. The molecule has 0 unspecified atom stereocenters. The highest BCUT2D eigenvalue weighted by Gasteiger charge is 2.25. The van der Waals surface area contributed by atoms with Gasteiger partial charge in [-0.15, -0.1) is 0 Å². The zero-order chi connectivity index (χ0) is 13.5. The van der Waals surface area contributed by atoms with E-state index in [0.29, 0.717) is 13.1 Å². The summed E-state index contributed by atoms with van der Waals surface area (Å²) in [5.74, 6) is 0.149. The lowest BCUT2D eigenvalue weighted by molar-refractivity contribution is -0.141. The van der Waals surface area contributed by atoms with Crippen LogP contribution in [0.2, 0.25) is 0 Å². The van der Waals surface area contributed by atoms with Crippen molar-refractivity contribution in [2.24, 2.45) is 5.92 Å². The molecule has 0 aliphatic carbocycles. The molecule has 5 nitrogen and oxygen atoms in total. The van der Waals surface area contributed by atoms with E-state index >= 15 is 0 Å². The molecular formula is C13H25N3O2. The highest BCUT2D eigenvalue weighted by atomic mass is 16.2. The third-order valence-corrected chi connectivity index (χ3v) is 3.51. The number of nitrogens with one attached hydrogen (secondary N) is 1. The molecule has 104 valence electrons. The molecule has 1 atom stereocenters. The normalized spacial score (nSPS) is 19.4. The van der Waals surface area contributed by atoms with Crippen LogP contribution in [-0.2, 0) is 9.59 Å². The summed E-state index contributed by atoms with van der Waals surface area (Å²) in [4.78, 5) is 27.4. The summed E-state index contributed by atoms with van der Waals surface area (Å²) in [6.07, 6.45) is 1.96. The molecule has 1 saturated heterocycles. The first-order chi connectivity index (χ1) is 8.60. The molecule has 5 heteroatoms. The van der Waals surface area contributed by atoms with Gasteiger partial charge in [0.2, 0.25) is 11.8 Å². The molecule has 0 radical (unpaired) electrons. The van der Waals surface area contributed by atoms with Gasteiger partial charge in [-0.2, -0.15) is 0 Å². The second kappa shape index (κ2) is 7.36. The van der Waals surface area contributed by atoms with Gasteiger partial charge in [-0.05, 0) is 33.2 Å². The molecule has 0 aromatic heterocycles. The summed E-state index contributed by atoms with van der Waals surface area (Å²) in [5, 5.41) is 3.23.